The third kappa shape index (κ3) is 3.71. The number of Topliss-reactive ketones (excluding diaryl/α,β-unsaturated/α-hetero) is 1. The van der Waals surface area contributed by atoms with E-state index in [4.69, 9.17) is 13.9 Å². The predicted octanol–water partition coefficient (Wildman–Crippen LogP) is 4.06. The van der Waals surface area contributed by atoms with E-state index in [0.29, 0.717) is 22.8 Å². The van der Waals surface area contributed by atoms with Crippen molar-refractivity contribution in [3.05, 3.63) is 89.1 Å². The Morgan fingerprint density at radius 3 is 2.47 bits per heavy atom. The highest BCUT2D eigenvalue weighted by Crippen LogP contribution is 2.44. The first-order valence-corrected chi connectivity index (χ1v) is 9.73. The fourth-order valence-electron chi connectivity index (χ4n) is 3.75. The summed E-state index contributed by atoms with van der Waals surface area (Å²) in [6, 6.07) is 12.3. The largest absolute Gasteiger partial charge is 0.507 e. The number of benzene rings is 2. The van der Waals surface area contributed by atoms with Crippen LogP contribution in [0.2, 0.25) is 0 Å². The Kier molecular flexibility index (Phi) is 5.68. The predicted molar refractivity (Wildman–Crippen MR) is 113 cm³/mol. The van der Waals surface area contributed by atoms with Crippen molar-refractivity contribution in [1.29, 1.82) is 0 Å². The van der Waals surface area contributed by atoms with E-state index < -0.39 is 29.3 Å². The van der Waals surface area contributed by atoms with Gasteiger partial charge in [-0.05, 0) is 54.6 Å². The van der Waals surface area contributed by atoms with Gasteiger partial charge in [-0.25, -0.2) is 4.39 Å². The molecule has 1 fully saturated rings. The molecule has 0 saturated carbocycles. The van der Waals surface area contributed by atoms with Crippen molar-refractivity contribution >= 4 is 17.4 Å². The summed E-state index contributed by atoms with van der Waals surface area (Å²) in [5.74, 6) is -1.25. The zero-order valence-corrected chi connectivity index (χ0v) is 17.4. The number of carbonyl (C=O) groups is 2. The molecule has 32 heavy (non-hydrogen) atoms. The quantitative estimate of drug-likeness (QED) is 0.355. The van der Waals surface area contributed by atoms with Crippen molar-refractivity contribution < 1.29 is 33.0 Å². The van der Waals surface area contributed by atoms with Crippen molar-refractivity contribution in [3.63, 3.8) is 0 Å². The standard InChI is InChI=1S/C24H20FNO6/c1-30-16-9-10-19(31-2)18(12-16)21-20(22(27)14-5-7-15(25)8-6-14)23(28)24(29)26(21)13-17-4-3-11-32-17/h3-12,21,27H,13H2,1-2H3. The Labute approximate surface area is 183 Å². The van der Waals surface area contributed by atoms with Crippen molar-refractivity contribution in [2.75, 3.05) is 14.2 Å². The van der Waals surface area contributed by atoms with Gasteiger partial charge < -0.3 is 23.9 Å². The van der Waals surface area contributed by atoms with E-state index in [1.807, 2.05) is 0 Å². The first-order chi connectivity index (χ1) is 15.4. The molecule has 0 bridgehead atoms. The van der Waals surface area contributed by atoms with Crippen molar-refractivity contribution in [2.45, 2.75) is 12.6 Å². The van der Waals surface area contributed by atoms with Crippen LogP contribution in [0, 0.1) is 5.82 Å². The molecule has 2 aromatic carbocycles. The molecule has 1 aliphatic rings. The molecule has 1 N–H and O–H groups in total. The summed E-state index contributed by atoms with van der Waals surface area (Å²) in [6.45, 7) is -0.0111. The molecular formula is C24H20FNO6. The normalized spacial score (nSPS) is 17.6. The van der Waals surface area contributed by atoms with Crippen LogP contribution < -0.4 is 9.47 Å². The second-order valence-corrected chi connectivity index (χ2v) is 7.12. The van der Waals surface area contributed by atoms with E-state index >= 15 is 0 Å². The SMILES string of the molecule is COc1ccc(OC)c(C2C(=C(O)c3ccc(F)cc3)C(=O)C(=O)N2Cc2ccco2)c1. The third-order valence-corrected chi connectivity index (χ3v) is 5.30. The summed E-state index contributed by atoms with van der Waals surface area (Å²) in [5.41, 5.74) is 0.509. The van der Waals surface area contributed by atoms with Gasteiger partial charge in [-0.15, -0.1) is 0 Å². The van der Waals surface area contributed by atoms with Crippen molar-refractivity contribution in [1.82, 2.24) is 4.90 Å². The second-order valence-electron chi connectivity index (χ2n) is 7.12. The van der Waals surface area contributed by atoms with Crippen LogP contribution in [0.5, 0.6) is 11.5 Å². The monoisotopic (exact) mass is 437 g/mol. The Bertz CT molecular complexity index is 1180. The average Bonchev–Trinajstić information content (AvgIpc) is 3.41. The fraction of sp³-hybridized carbons (Fsp3) is 0.167. The van der Waals surface area contributed by atoms with Crippen LogP contribution in [0.25, 0.3) is 5.76 Å². The van der Waals surface area contributed by atoms with E-state index in [0.717, 1.165) is 12.1 Å². The maximum Gasteiger partial charge on any atom is 0.296 e. The lowest BCUT2D eigenvalue weighted by Gasteiger charge is -2.26. The summed E-state index contributed by atoms with van der Waals surface area (Å²) >= 11 is 0. The van der Waals surface area contributed by atoms with Crippen LogP contribution in [0.15, 0.2) is 70.9 Å². The Morgan fingerprint density at radius 1 is 1.09 bits per heavy atom. The number of hydrogen-bond donors (Lipinski definition) is 1. The summed E-state index contributed by atoms with van der Waals surface area (Å²) < 4.78 is 29.6. The molecule has 2 heterocycles. The van der Waals surface area contributed by atoms with Gasteiger partial charge in [0.05, 0.1) is 38.6 Å². The van der Waals surface area contributed by atoms with Gasteiger partial charge in [0.1, 0.15) is 28.8 Å². The van der Waals surface area contributed by atoms with Gasteiger partial charge in [0.2, 0.25) is 0 Å². The van der Waals surface area contributed by atoms with Gasteiger partial charge in [0, 0.05) is 11.1 Å². The molecular weight excluding hydrogens is 417 g/mol. The van der Waals surface area contributed by atoms with Crippen LogP contribution in [0.1, 0.15) is 22.9 Å². The first-order valence-electron chi connectivity index (χ1n) is 9.73. The first kappa shape index (κ1) is 21.2. The van der Waals surface area contributed by atoms with Gasteiger partial charge in [0.25, 0.3) is 11.7 Å². The molecule has 7 nitrogen and oxygen atoms in total. The zero-order valence-electron chi connectivity index (χ0n) is 17.4. The molecule has 1 unspecified atom stereocenters. The number of furan rings is 1. The molecule has 0 spiro atoms. The molecule has 1 aromatic heterocycles. The smallest absolute Gasteiger partial charge is 0.296 e. The number of ketones is 1. The zero-order chi connectivity index (χ0) is 22.8. The van der Waals surface area contributed by atoms with Crippen molar-refractivity contribution in [3.8, 4) is 11.5 Å². The molecule has 0 radical (unpaired) electrons. The van der Waals surface area contributed by atoms with Crippen LogP contribution in [-0.2, 0) is 16.1 Å². The van der Waals surface area contributed by atoms with Gasteiger partial charge in [0.15, 0.2) is 0 Å². The van der Waals surface area contributed by atoms with E-state index in [1.54, 1.807) is 30.3 Å². The number of carbonyl (C=O) groups excluding carboxylic acids is 2. The number of hydrogen-bond acceptors (Lipinski definition) is 6. The number of methoxy groups -OCH3 is 2. The Hall–Kier alpha value is -4.07. The fourth-order valence-corrected chi connectivity index (χ4v) is 3.75. The summed E-state index contributed by atoms with van der Waals surface area (Å²) in [4.78, 5) is 27.4. The van der Waals surface area contributed by atoms with Gasteiger partial charge >= 0.3 is 0 Å². The summed E-state index contributed by atoms with van der Waals surface area (Å²) in [6.07, 6.45) is 1.46. The van der Waals surface area contributed by atoms with Crippen LogP contribution >= 0.6 is 0 Å². The number of rotatable bonds is 6. The minimum Gasteiger partial charge on any atom is -0.507 e. The minimum atomic E-state index is -0.991. The number of aliphatic hydroxyl groups is 1. The van der Waals surface area contributed by atoms with E-state index in [9.17, 15) is 19.1 Å². The number of aliphatic hydroxyl groups excluding tert-OH is 1. The number of likely N-dealkylation sites (tertiary alicyclic amines) is 1. The lowest BCUT2D eigenvalue weighted by Crippen LogP contribution is -2.29. The molecule has 164 valence electrons. The van der Waals surface area contributed by atoms with E-state index in [-0.39, 0.29) is 17.7 Å². The van der Waals surface area contributed by atoms with E-state index in [1.165, 1.54) is 37.5 Å². The maximum atomic E-state index is 13.4. The Balaban J connectivity index is 1.93. The molecule has 8 heteroatoms. The highest BCUT2D eigenvalue weighted by Gasteiger charge is 2.47. The van der Waals surface area contributed by atoms with Crippen LogP contribution in [0.3, 0.4) is 0 Å². The molecule has 3 aromatic rings. The lowest BCUT2D eigenvalue weighted by molar-refractivity contribution is -0.140. The highest BCUT2D eigenvalue weighted by molar-refractivity contribution is 6.46. The molecule has 4 rings (SSSR count). The van der Waals surface area contributed by atoms with Gasteiger partial charge in [-0.1, -0.05) is 0 Å². The lowest BCUT2D eigenvalue weighted by atomic mass is 9.94. The number of ether oxygens (including phenoxy) is 2. The Morgan fingerprint density at radius 2 is 1.84 bits per heavy atom. The number of nitrogens with zero attached hydrogens (tertiary/aromatic N) is 1. The van der Waals surface area contributed by atoms with Gasteiger partial charge in [-0.3, -0.25) is 9.59 Å². The summed E-state index contributed by atoms with van der Waals surface area (Å²) in [5, 5.41) is 11.0. The van der Waals surface area contributed by atoms with E-state index in [2.05, 4.69) is 0 Å². The van der Waals surface area contributed by atoms with Gasteiger partial charge in [-0.2, -0.15) is 0 Å². The van der Waals surface area contributed by atoms with Crippen LogP contribution in [-0.4, -0.2) is 35.9 Å². The number of halogens is 1. The highest BCUT2D eigenvalue weighted by atomic mass is 19.1. The third-order valence-electron chi connectivity index (χ3n) is 5.30. The molecule has 1 saturated heterocycles. The van der Waals surface area contributed by atoms with Crippen molar-refractivity contribution in [2.24, 2.45) is 0 Å². The second kappa shape index (κ2) is 8.58. The maximum absolute atomic E-state index is 13.4. The van der Waals surface area contributed by atoms with Crippen LogP contribution in [0.4, 0.5) is 4.39 Å². The molecule has 1 amide bonds. The average molecular weight is 437 g/mol. The number of amides is 1. The topological polar surface area (TPSA) is 89.2 Å². The summed E-state index contributed by atoms with van der Waals surface area (Å²) in [7, 11) is 2.95. The molecule has 1 aliphatic heterocycles. The molecule has 1 atom stereocenters. The minimum absolute atomic E-state index is 0.0111. The molecule has 0 aliphatic carbocycles.